The van der Waals surface area contributed by atoms with Crippen LogP contribution in [0.5, 0.6) is 0 Å². The van der Waals surface area contributed by atoms with Crippen LogP contribution in [0.25, 0.3) is 0 Å². The average Bonchev–Trinajstić information content (AvgIpc) is 3.17. The molecule has 2 unspecified atom stereocenters. The van der Waals surface area contributed by atoms with Crippen LogP contribution in [0.3, 0.4) is 0 Å². The molecule has 0 spiro atoms. The second kappa shape index (κ2) is 13.6. The van der Waals surface area contributed by atoms with Crippen molar-refractivity contribution >= 4 is 6.34 Å². The van der Waals surface area contributed by atoms with E-state index in [2.05, 4.69) is 43.9 Å². The third kappa shape index (κ3) is 8.60. The van der Waals surface area contributed by atoms with Crippen molar-refractivity contribution in [1.82, 2.24) is 5.32 Å². The summed E-state index contributed by atoms with van der Waals surface area (Å²) >= 11 is 0. The largest absolute Gasteiger partial charge is 0.277 e. The summed E-state index contributed by atoms with van der Waals surface area (Å²) in [5.74, 6) is 0.775. The highest BCUT2D eigenvalue weighted by molar-refractivity contribution is 5.49. The summed E-state index contributed by atoms with van der Waals surface area (Å²) < 4.78 is 2.55. The van der Waals surface area contributed by atoms with Crippen LogP contribution in [0.4, 0.5) is 0 Å². The Bertz CT molecular complexity index is 350. The first kappa shape index (κ1) is 22.5. The summed E-state index contributed by atoms with van der Waals surface area (Å²) in [4.78, 5) is 0. The lowest BCUT2D eigenvalue weighted by atomic mass is 9.80. The standard InChI is InChI=1S/C23H46N2/c1-5-7-8-9-10-11-12-13-14-15-16-17-18-22(3)23(4,6-2)25-20-19-24-21-25/h21-22H,5-20H2,1-4H3/p+1. The Morgan fingerprint density at radius 1 is 0.880 bits per heavy atom. The van der Waals surface area contributed by atoms with Gasteiger partial charge in [0.05, 0.1) is 0 Å². The van der Waals surface area contributed by atoms with Crippen LogP contribution >= 0.6 is 0 Å². The number of hydrogen-bond acceptors (Lipinski definition) is 1. The Morgan fingerprint density at radius 2 is 1.40 bits per heavy atom. The van der Waals surface area contributed by atoms with Gasteiger partial charge in [-0.3, -0.25) is 9.89 Å². The summed E-state index contributed by atoms with van der Waals surface area (Å²) in [6, 6.07) is 0. The van der Waals surface area contributed by atoms with Crippen LogP contribution in [0.1, 0.15) is 118 Å². The minimum absolute atomic E-state index is 0.335. The lowest BCUT2D eigenvalue weighted by Gasteiger charge is -2.34. The van der Waals surface area contributed by atoms with Gasteiger partial charge in [0.25, 0.3) is 0 Å². The molecule has 0 aromatic rings. The summed E-state index contributed by atoms with van der Waals surface area (Å²) in [6.45, 7) is 11.9. The molecule has 1 aliphatic rings. The van der Waals surface area contributed by atoms with E-state index in [9.17, 15) is 0 Å². The fourth-order valence-electron chi connectivity index (χ4n) is 4.26. The van der Waals surface area contributed by atoms with Gasteiger partial charge in [-0.1, -0.05) is 97.8 Å². The van der Waals surface area contributed by atoms with Gasteiger partial charge in [0.15, 0.2) is 0 Å². The molecule has 1 rings (SSSR count). The van der Waals surface area contributed by atoms with Crippen molar-refractivity contribution < 1.29 is 4.58 Å². The van der Waals surface area contributed by atoms with E-state index < -0.39 is 0 Å². The van der Waals surface area contributed by atoms with Crippen molar-refractivity contribution in [2.24, 2.45) is 5.92 Å². The molecule has 2 heteroatoms. The van der Waals surface area contributed by atoms with Crippen molar-refractivity contribution in [3.05, 3.63) is 0 Å². The molecular weight excluding hydrogens is 304 g/mol. The molecular formula is C23H47N2+. The quantitative estimate of drug-likeness (QED) is 0.247. The Balaban J connectivity index is 2.00. The Kier molecular flexibility index (Phi) is 12.3. The smallest absolute Gasteiger partial charge is 0.232 e. The maximum absolute atomic E-state index is 3.38. The van der Waals surface area contributed by atoms with Crippen LogP contribution in [-0.4, -0.2) is 29.5 Å². The summed E-state index contributed by atoms with van der Waals surface area (Å²) in [5.41, 5.74) is 0.335. The molecule has 2 nitrogen and oxygen atoms in total. The van der Waals surface area contributed by atoms with Crippen molar-refractivity contribution in [2.75, 3.05) is 13.1 Å². The Morgan fingerprint density at radius 3 is 1.84 bits per heavy atom. The zero-order valence-corrected chi connectivity index (χ0v) is 17.9. The molecule has 1 aliphatic heterocycles. The Hall–Kier alpha value is -0.530. The number of rotatable bonds is 16. The number of unbranched alkanes of at least 4 members (excludes halogenated alkanes) is 11. The first-order valence-corrected chi connectivity index (χ1v) is 11.5. The SMILES string of the molecule is CCCCCCCCCCCCCCC(C)C(C)(CC)[N+]1=CNCC1. The van der Waals surface area contributed by atoms with E-state index in [1.807, 2.05) is 0 Å². The summed E-state index contributed by atoms with van der Waals surface area (Å²) in [7, 11) is 0. The van der Waals surface area contributed by atoms with Gasteiger partial charge in [0.1, 0.15) is 18.6 Å². The van der Waals surface area contributed by atoms with E-state index in [4.69, 9.17) is 0 Å². The number of hydrogen-bond donors (Lipinski definition) is 1. The predicted octanol–water partition coefficient (Wildman–Crippen LogP) is 6.53. The normalized spacial score (nSPS) is 17.8. The van der Waals surface area contributed by atoms with Crippen LogP contribution in [0.15, 0.2) is 0 Å². The molecule has 0 amide bonds. The molecule has 0 fully saturated rings. The molecule has 2 atom stereocenters. The van der Waals surface area contributed by atoms with Gasteiger partial charge in [0.2, 0.25) is 6.34 Å². The summed E-state index contributed by atoms with van der Waals surface area (Å²) in [6.07, 6.45) is 22.2. The lowest BCUT2D eigenvalue weighted by Crippen LogP contribution is -2.44. The molecule has 0 aromatic heterocycles. The molecule has 0 saturated heterocycles. The molecule has 0 bridgehead atoms. The van der Waals surface area contributed by atoms with Gasteiger partial charge in [-0.25, -0.2) is 0 Å². The Labute approximate surface area is 158 Å². The van der Waals surface area contributed by atoms with E-state index in [0.29, 0.717) is 5.54 Å². The fraction of sp³-hybridized carbons (Fsp3) is 0.957. The topological polar surface area (TPSA) is 15.0 Å². The zero-order chi connectivity index (χ0) is 18.4. The monoisotopic (exact) mass is 351 g/mol. The number of nitrogens with one attached hydrogen (secondary N) is 1. The highest BCUT2D eigenvalue weighted by Gasteiger charge is 2.37. The average molecular weight is 352 g/mol. The molecule has 25 heavy (non-hydrogen) atoms. The van der Waals surface area contributed by atoms with Gasteiger partial charge in [-0.05, 0) is 25.7 Å². The second-order valence-corrected chi connectivity index (χ2v) is 8.57. The van der Waals surface area contributed by atoms with E-state index in [0.717, 1.165) is 12.5 Å². The van der Waals surface area contributed by atoms with Gasteiger partial charge in [-0.15, -0.1) is 0 Å². The fourth-order valence-corrected chi connectivity index (χ4v) is 4.26. The first-order chi connectivity index (χ1) is 12.1. The van der Waals surface area contributed by atoms with Gasteiger partial charge in [0, 0.05) is 0 Å². The van der Waals surface area contributed by atoms with E-state index >= 15 is 0 Å². The summed E-state index contributed by atoms with van der Waals surface area (Å²) in [5, 5.41) is 3.38. The van der Waals surface area contributed by atoms with E-state index in [-0.39, 0.29) is 0 Å². The highest BCUT2D eigenvalue weighted by Crippen LogP contribution is 2.30. The van der Waals surface area contributed by atoms with Crippen molar-refractivity contribution in [3.63, 3.8) is 0 Å². The molecule has 0 aromatic carbocycles. The highest BCUT2D eigenvalue weighted by atomic mass is 15.2. The molecule has 0 saturated carbocycles. The maximum atomic E-state index is 3.38. The van der Waals surface area contributed by atoms with Crippen molar-refractivity contribution in [1.29, 1.82) is 0 Å². The third-order valence-corrected chi connectivity index (χ3v) is 6.67. The molecule has 148 valence electrons. The maximum Gasteiger partial charge on any atom is 0.232 e. The van der Waals surface area contributed by atoms with Gasteiger partial charge < -0.3 is 0 Å². The second-order valence-electron chi connectivity index (χ2n) is 8.57. The minimum Gasteiger partial charge on any atom is -0.277 e. The van der Waals surface area contributed by atoms with Crippen LogP contribution in [0.2, 0.25) is 0 Å². The van der Waals surface area contributed by atoms with Crippen LogP contribution in [-0.2, 0) is 0 Å². The minimum atomic E-state index is 0.335. The molecule has 0 radical (unpaired) electrons. The van der Waals surface area contributed by atoms with Crippen molar-refractivity contribution in [2.45, 2.75) is 123 Å². The lowest BCUT2D eigenvalue weighted by molar-refractivity contribution is -0.604. The van der Waals surface area contributed by atoms with Crippen LogP contribution < -0.4 is 5.32 Å². The van der Waals surface area contributed by atoms with Gasteiger partial charge >= 0.3 is 0 Å². The first-order valence-electron chi connectivity index (χ1n) is 11.5. The zero-order valence-electron chi connectivity index (χ0n) is 17.9. The molecule has 1 heterocycles. The van der Waals surface area contributed by atoms with Crippen molar-refractivity contribution in [3.8, 4) is 0 Å². The van der Waals surface area contributed by atoms with Gasteiger partial charge in [-0.2, -0.15) is 0 Å². The van der Waals surface area contributed by atoms with E-state index in [1.165, 1.54) is 96.4 Å². The van der Waals surface area contributed by atoms with Crippen LogP contribution in [0, 0.1) is 5.92 Å². The molecule has 0 aliphatic carbocycles. The predicted molar refractivity (Wildman–Crippen MR) is 113 cm³/mol. The third-order valence-electron chi connectivity index (χ3n) is 6.67. The molecule has 1 N–H and O–H groups in total. The number of nitrogens with zero attached hydrogens (tertiary/aromatic N) is 1. The van der Waals surface area contributed by atoms with E-state index in [1.54, 1.807) is 0 Å².